The molecule has 0 aromatic heterocycles. The number of non-ortho nitro benzene ring substituents is 1. The van der Waals surface area contributed by atoms with Gasteiger partial charge in [-0.3, -0.25) is 24.5 Å². The molecule has 3 aromatic rings. The summed E-state index contributed by atoms with van der Waals surface area (Å²) in [6, 6.07) is 22.0. The lowest BCUT2D eigenvalue weighted by atomic mass is 10.0. The molecule has 9 heteroatoms. The number of carbonyl (C=O) groups excluding carboxylic acids is 3. The van der Waals surface area contributed by atoms with Gasteiger partial charge in [0.05, 0.1) is 4.92 Å². The predicted octanol–water partition coefficient (Wildman–Crippen LogP) is 5.69. The Morgan fingerprint density at radius 1 is 0.857 bits per heavy atom. The minimum absolute atomic E-state index is 0.0189. The SMILES string of the molecule is C=CC(=O)Cl.NCc1ccc(C=CC(=O)Cl)cc1.O=C(c1ccccc1)c1ccc([N+](=O)[O-])cc1. The lowest BCUT2D eigenvalue weighted by Gasteiger charge is -2.00. The Hall–Kier alpha value is -3.91. The molecule has 0 aliphatic heterocycles. The number of rotatable bonds is 7. The fraction of sp³-hybridized carbons (Fsp3) is 0.0385. The number of hydrogen-bond donors (Lipinski definition) is 1. The third kappa shape index (κ3) is 11.7. The third-order valence-corrected chi connectivity index (χ3v) is 4.44. The van der Waals surface area contributed by atoms with E-state index < -0.39 is 15.4 Å². The van der Waals surface area contributed by atoms with Crippen molar-refractivity contribution < 1.29 is 19.3 Å². The van der Waals surface area contributed by atoms with Gasteiger partial charge in [-0.25, -0.2) is 0 Å². The molecule has 0 unspecified atom stereocenters. The normalized spacial score (nSPS) is 9.69. The average molecular weight is 513 g/mol. The van der Waals surface area contributed by atoms with E-state index in [2.05, 4.69) is 6.58 Å². The van der Waals surface area contributed by atoms with Gasteiger partial charge in [0.25, 0.3) is 5.69 Å². The number of nitrogens with two attached hydrogens (primary N) is 1. The van der Waals surface area contributed by atoms with Crippen LogP contribution in [0.4, 0.5) is 5.69 Å². The maximum atomic E-state index is 12.0. The molecule has 180 valence electrons. The average Bonchev–Trinajstić information content (AvgIpc) is 2.88. The number of nitro groups is 1. The lowest BCUT2D eigenvalue weighted by Crippen LogP contribution is -2.00. The van der Waals surface area contributed by atoms with Crippen molar-refractivity contribution in [3.05, 3.63) is 130 Å². The van der Waals surface area contributed by atoms with Crippen LogP contribution in [-0.4, -0.2) is 21.2 Å². The summed E-state index contributed by atoms with van der Waals surface area (Å²) >= 11 is 9.85. The van der Waals surface area contributed by atoms with Gasteiger partial charge in [-0.05, 0) is 58.6 Å². The highest BCUT2D eigenvalue weighted by molar-refractivity contribution is 6.66. The van der Waals surface area contributed by atoms with E-state index in [0.717, 1.165) is 17.2 Å². The molecular formula is C26H22Cl2N2O5. The molecule has 0 saturated heterocycles. The minimum atomic E-state index is -0.509. The molecule has 3 aromatic carbocycles. The van der Waals surface area contributed by atoms with E-state index in [9.17, 15) is 24.5 Å². The number of ketones is 1. The van der Waals surface area contributed by atoms with E-state index >= 15 is 0 Å². The van der Waals surface area contributed by atoms with Gasteiger partial charge < -0.3 is 5.73 Å². The second kappa shape index (κ2) is 15.8. The summed E-state index contributed by atoms with van der Waals surface area (Å²) in [5, 5.41) is 9.49. The topological polar surface area (TPSA) is 120 Å². The Labute approximate surface area is 212 Å². The van der Waals surface area contributed by atoms with Crippen molar-refractivity contribution in [2.24, 2.45) is 5.73 Å². The second-order valence-electron chi connectivity index (χ2n) is 6.59. The number of nitrogens with zero attached hydrogens (tertiary/aromatic N) is 1. The van der Waals surface area contributed by atoms with Gasteiger partial charge in [0.1, 0.15) is 0 Å². The van der Waals surface area contributed by atoms with Gasteiger partial charge in [-0.1, -0.05) is 67.3 Å². The van der Waals surface area contributed by atoms with Crippen LogP contribution in [0.2, 0.25) is 0 Å². The van der Waals surface area contributed by atoms with Crippen LogP contribution in [0.1, 0.15) is 27.0 Å². The summed E-state index contributed by atoms with van der Waals surface area (Å²) in [5.41, 5.74) is 8.43. The first-order valence-electron chi connectivity index (χ1n) is 10.0. The van der Waals surface area contributed by atoms with Crippen molar-refractivity contribution in [2.45, 2.75) is 6.54 Å². The molecule has 0 fully saturated rings. The molecule has 3 rings (SSSR count). The molecule has 7 nitrogen and oxygen atoms in total. The first-order valence-corrected chi connectivity index (χ1v) is 10.8. The molecule has 0 aliphatic carbocycles. The van der Waals surface area contributed by atoms with Crippen molar-refractivity contribution in [1.29, 1.82) is 0 Å². The van der Waals surface area contributed by atoms with Crippen molar-refractivity contribution in [3.63, 3.8) is 0 Å². The molecule has 0 radical (unpaired) electrons. The smallest absolute Gasteiger partial charge is 0.269 e. The largest absolute Gasteiger partial charge is 0.326 e. The van der Waals surface area contributed by atoms with E-state index in [-0.39, 0.29) is 11.5 Å². The fourth-order valence-corrected chi connectivity index (χ4v) is 2.48. The number of nitro benzene ring substituents is 1. The van der Waals surface area contributed by atoms with E-state index in [4.69, 9.17) is 28.9 Å². The molecule has 0 spiro atoms. The highest BCUT2D eigenvalue weighted by atomic mass is 35.5. The molecular weight excluding hydrogens is 491 g/mol. The van der Waals surface area contributed by atoms with E-state index in [1.807, 2.05) is 30.3 Å². The summed E-state index contributed by atoms with van der Waals surface area (Å²) in [6.07, 6.45) is 4.02. The van der Waals surface area contributed by atoms with Gasteiger partial charge >= 0.3 is 0 Å². The monoisotopic (exact) mass is 512 g/mol. The van der Waals surface area contributed by atoms with Crippen LogP contribution in [0.5, 0.6) is 0 Å². The molecule has 0 amide bonds. The van der Waals surface area contributed by atoms with Crippen LogP contribution in [0.3, 0.4) is 0 Å². The Morgan fingerprint density at radius 3 is 1.80 bits per heavy atom. The molecule has 2 N–H and O–H groups in total. The van der Waals surface area contributed by atoms with E-state index in [1.54, 1.807) is 30.3 Å². The van der Waals surface area contributed by atoms with Crippen LogP contribution in [-0.2, 0) is 16.1 Å². The summed E-state index contributed by atoms with van der Waals surface area (Å²) in [4.78, 5) is 41.8. The van der Waals surface area contributed by atoms with Crippen LogP contribution < -0.4 is 5.73 Å². The number of halogens is 2. The van der Waals surface area contributed by atoms with E-state index in [1.165, 1.54) is 30.3 Å². The molecule has 0 heterocycles. The summed E-state index contributed by atoms with van der Waals surface area (Å²) in [6.45, 7) is 3.60. The fourth-order valence-electron chi connectivity index (χ4n) is 2.42. The van der Waals surface area contributed by atoms with Crippen molar-refractivity contribution >= 4 is 51.2 Å². The van der Waals surface area contributed by atoms with Crippen LogP contribution >= 0.6 is 23.2 Å². The van der Waals surface area contributed by atoms with Gasteiger partial charge in [0.15, 0.2) is 5.78 Å². The molecule has 0 bridgehead atoms. The molecule has 0 atom stereocenters. The summed E-state index contributed by atoms with van der Waals surface area (Å²) < 4.78 is 0. The van der Waals surface area contributed by atoms with Crippen molar-refractivity contribution in [3.8, 4) is 0 Å². The zero-order valence-electron chi connectivity index (χ0n) is 18.5. The maximum absolute atomic E-state index is 12.0. The summed E-state index contributed by atoms with van der Waals surface area (Å²) in [7, 11) is 0. The number of hydrogen-bond acceptors (Lipinski definition) is 6. The van der Waals surface area contributed by atoms with Gasteiger partial charge in [0.2, 0.25) is 10.5 Å². The maximum Gasteiger partial charge on any atom is 0.269 e. The quantitative estimate of drug-likeness (QED) is 0.143. The lowest BCUT2D eigenvalue weighted by molar-refractivity contribution is -0.384. The predicted molar refractivity (Wildman–Crippen MR) is 138 cm³/mol. The van der Waals surface area contributed by atoms with Crippen molar-refractivity contribution in [1.82, 2.24) is 0 Å². The Morgan fingerprint density at radius 2 is 1.37 bits per heavy atom. The third-order valence-electron chi connectivity index (χ3n) is 4.16. The van der Waals surface area contributed by atoms with E-state index in [0.29, 0.717) is 17.7 Å². The molecule has 35 heavy (non-hydrogen) atoms. The van der Waals surface area contributed by atoms with Crippen LogP contribution in [0.15, 0.2) is 97.6 Å². The minimum Gasteiger partial charge on any atom is -0.326 e. The number of benzene rings is 3. The first-order chi connectivity index (χ1) is 16.7. The number of carbonyl (C=O) groups is 3. The number of allylic oxidation sites excluding steroid dienone is 2. The molecule has 0 aliphatic rings. The zero-order valence-corrected chi connectivity index (χ0v) is 20.0. The second-order valence-corrected chi connectivity index (χ2v) is 7.34. The highest BCUT2D eigenvalue weighted by Crippen LogP contribution is 2.15. The standard InChI is InChI=1S/C13H9NO3.C10H10ClNO.C3H3ClO/c15-13(10-4-2-1-3-5-10)11-6-8-12(9-7-11)14(16)17;11-10(13)6-5-8-1-3-9(7-12)4-2-8;1-2-3(4)5/h1-9H;1-6H,7,12H2;2H,1H2. The Bertz CT molecular complexity index is 1180. The zero-order chi connectivity index (χ0) is 26.2. The molecule has 0 saturated carbocycles. The van der Waals surface area contributed by atoms with Crippen LogP contribution in [0, 0.1) is 10.1 Å². The van der Waals surface area contributed by atoms with Gasteiger partial charge in [-0.2, -0.15) is 0 Å². The highest BCUT2D eigenvalue weighted by Gasteiger charge is 2.10. The van der Waals surface area contributed by atoms with Gasteiger partial charge in [0, 0.05) is 29.8 Å². The Kier molecular flexibility index (Phi) is 13.2. The van der Waals surface area contributed by atoms with Crippen LogP contribution in [0.25, 0.3) is 6.08 Å². The first kappa shape index (κ1) is 29.1. The Balaban J connectivity index is 0.000000302. The van der Waals surface area contributed by atoms with Crippen molar-refractivity contribution in [2.75, 3.05) is 0 Å². The van der Waals surface area contributed by atoms with Gasteiger partial charge in [-0.15, -0.1) is 0 Å². The summed E-state index contributed by atoms with van der Waals surface area (Å²) in [5.74, 6) is -0.138.